The molecule has 0 heterocycles. The highest BCUT2D eigenvalue weighted by atomic mass is 16.1. The summed E-state index contributed by atoms with van der Waals surface area (Å²) in [6.07, 6.45) is 2.58. The van der Waals surface area contributed by atoms with Crippen molar-refractivity contribution in [3.63, 3.8) is 0 Å². The van der Waals surface area contributed by atoms with E-state index < -0.39 is 0 Å². The first-order valence-corrected chi connectivity index (χ1v) is 3.24. The lowest BCUT2D eigenvalue weighted by molar-refractivity contribution is -0.109. The van der Waals surface area contributed by atoms with E-state index >= 15 is 0 Å². The van der Waals surface area contributed by atoms with Crippen LogP contribution in [-0.4, -0.2) is 12.3 Å². The van der Waals surface area contributed by atoms with E-state index in [0.29, 0.717) is 0 Å². The maximum absolute atomic E-state index is 9.77. The van der Waals surface area contributed by atoms with E-state index in [-0.39, 0.29) is 6.04 Å². The first-order chi connectivity index (χ1) is 4.72. The molecule has 0 aliphatic heterocycles. The summed E-state index contributed by atoms with van der Waals surface area (Å²) in [6, 6.07) is 1.52. The predicted octanol–water partition coefficient (Wildman–Crippen LogP) is 0.843. The van der Waals surface area contributed by atoms with Crippen LogP contribution in [0.1, 0.15) is 26.7 Å². The molecular weight excluding hydrogens is 128 g/mol. The van der Waals surface area contributed by atoms with Gasteiger partial charge in [-0.3, -0.25) is 0 Å². The van der Waals surface area contributed by atoms with Gasteiger partial charge >= 0.3 is 0 Å². The third kappa shape index (κ3) is 15.7. The number of carbonyl (C=O) groups excluding carboxylic acids is 1. The van der Waals surface area contributed by atoms with E-state index in [1.54, 1.807) is 6.07 Å². The van der Waals surface area contributed by atoms with E-state index in [0.717, 1.165) is 19.1 Å². The van der Waals surface area contributed by atoms with Crippen LogP contribution in [0.4, 0.5) is 0 Å². The molecule has 3 nitrogen and oxygen atoms in total. The summed E-state index contributed by atoms with van der Waals surface area (Å²) in [4.78, 5) is 9.77. The standard InChI is InChI=1S/C5H11NO.C2H3N/c1-2-3-5(6)4-7;1-2-3/h4-5H,2-3,6H2,1H3;1H3. The SMILES string of the molecule is CC#N.CCCC(N)C=O. The third-order valence-electron chi connectivity index (χ3n) is 0.797. The Morgan fingerprint density at radius 3 is 2.30 bits per heavy atom. The maximum Gasteiger partial charge on any atom is 0.136 e. The number of hydrogen-bond donors (Lipinski definition) is 1. The van der Waals surface area contributed by atoms with Gasteiger partial charge < -0.3 is 10.5 Å². The summed E-state index contributed by atoms with van der Waals surface area (Å²) in [7, 11) is 0. The van der Waals surface area contributed by atoms with Crippen molar-refractivity contribution in [3.05, 3.63) is 0 Å². The van der Waals surface area contributed by atoms with Crippen LogP contribution in [0.3, 0.4) is 0 Å². The quantitative estimate of drug-likeness (QED) is 0.594. The second-order valence-corrected chi connectivity index (χ2v) is 1.81. The topological polar surface area (TPSA) is 66.9 Å². The Morgan fingerprint density at radius 1 is 1.80 bits per heavy atom. The van der Waals surface area contributed by atoms with Crippen molar-refractivity contribution < 1.29 is 4.79 Å². The Morgan fingerprint density at radius 2 is 2.20 bits per heavy atom. The van der Waals surface area contributed by atoms with Crippen molar-refractivity contribution in [2.75, 3.05) is 0 Å². The van der Waals surface area contributed by atoms with Gasteiger partial charge in [-0.25, -0.2) is 0 Å². The minimum absolute atomic E-state index is 0.231. The number of carbonyl (C=O) groups is 1. The van der Waals surface area contributed by atoms with Gasteiger partial charge in [-0.2, -0.15) is 5.26 Å². The van der Waals surface area contributed by atoms with Crippen molar-refractivity contribution in [2.45, 2.75) is 32.7 Å². The fourth-order valence-corrected chi connectivity index (χ4v) is 0.401. The Kier molecular flexibility index (Phi) is 13.0. The molecule has 0 spiro atoms. The zero-order valence-corrected chi connectivity index (χ0v) is 6.50. The van der Waals surface area contributed by atoms with E-state index in [2.05, 4.69) is 0 Å². The third-order valence-corrected chi connectivity index (χ3v) is 0.797. The van der Waals surface area contributed by atoms with Gasteiger partial charge in [-0.15, -0.1) is 0 Å². The molecule has 0 aromatic rings. The summed E-state index contributed by atoms with van der Waals surface area (Å²) in [5.41, 5.74) is 5.22. The highest BCUT2D eigenvalue weighted by Crippen LogP contribution is 1.87. The van der Waals surface area contributed by atoms with E-state index in [4.69, 9.17) is 11.0 Å². The molecule has 0 amide bonds. The maximum atomic E-state index is 9.77. The largest absolute Gasteiger partial charge is 0.322 e. The molecule has 0 fully saturated rings. The monoisotopic (exact) mass is 142 g/mol. The Hall–Kier alpha value is -0.880. The predicted molar refractivity (Wildman–Crippen MR) is 40.2 cm³/mol. The lowest BCUT2D eigenvalue weighted by atomic mass is 10.2. The van der Waals surface area contributed by atoms with Crippen molar-refractivity contribution >= 4 is 6.29 Å². The average molecular weight is 142 g/mol. The average Bonchev–Trinajstić information content (AvgIpc) is 1.90. The molecule has 0 rings (SSSR count). The van der Waals surface area contributed by atoms with Crippen LogP contribution in [0.5, 0.6) is 0 Å². The van der Waals surface area contributed by atoms with Gasteiger partial charge in [0.15, 0.2) is 0 Å². The Balaban J connectivity index is 0. The molecule has 0 saturated carbocycles. The van der Waals surface area contributed by atoms with Crippen LogP contribution >= 0.6 is 0 Å². The minimum Gasteiger partial charge on any atom is -0.322 e. The van der Waals surface area contributed by atoms with Gasteiger partial charge in [0.25, 0.3) is 0 Å². The van der Waals surface area contributed by atoms with Crippen LogP contribution < -0.4 is 5.73 Å². The fourth-order valence-electron chi connectivity index (χ4n) is 0.401. The summed E-state index contributed by atoms with van der Waals surface area (Å²) < 4.78 is 0. The summed E-state index contributed by atoms with van der Waals surface area (Å²) in [6.45, 7) is 3.43. The first-order valence-electron chi connectivity index (χ1n) is 3.24. The molecular formula is C7H14N2O. The molecule has 0 aliphatic rings. The molecule has 1 unspecified atom stereocenters. The highest BCUT2D eigenvalue weighted by molar-refractivity contribution is 5.56. The number of nitriles is 1. The van der Waals surface area contributed by atoms with E-state index in [1.807, 2.05) is 6.92 Å². The molecule has 0 bridgehead atoms. The zero-order valence-electron chi connectivity index (χ0n) is 6.50. The molecule has 10 heavy (non-hydrogen) atoms. The molecule has 0 aliphatic carbocycles. The molecule has 0 saturated heterocycles. The Bertz CT molecular complexity index is 107. The van der Waals surface area contributed by atoms with Crippen molar-refractivity contribution in [1.29, 1.82) is 5.26 Å². The van der Waals surface area contributed by atoms with Crippen molar-refractivity contribution in [3.8, 4) is 6.07 Å². The molecule has 2 N–H and O–H groups in total. The van der Waals surface area contributed by atoms with E-state index in [9.17, 15) is 4.79 Å². The van der Waals surface area contributed by atoms with Gasteiger partial charge in [-0.05, 0) is 6.42 Å². The number of hydrogen-bond acceptors (Lipinski definition) is 3. The van der Waals surface area contributed by atoms with Crippen LogP contribution in [0.25, 0.3) is 0 Å². The summed E-state index contributed by atoms with van der Waals surface area (Å²) in [5.74, 6) is 0. The van der Waals surface area contributed by atoms with Gasteiger partial charge in [-0.1, -0.05) is 13.3 Å². The molecule has 0 radical (unpaired) electrons. The molecule has 58 valence electrons. The lowest BCUT2D eigenvalue weighted by Crippen LogP contribution is -2.20. The number of nitrogens with two attached hydrogens (primary N) is 1. The van der Waals surface area contributed by atoms with Crippen LogP contribution in [0, 0.1) is 11.3 Å². The normalized spacial score (nSPS) is 10.2. The fraction of sp³-hybridized carbons (Fsp3) is 0.714. The van der Waals surface area contributed by atoms with E-state index in [1.165, 1.54) is 6.92 Å². The van der Waals surface area contributed by atoms with Crippen molar-refractivity contribution in [1.82, 2.24) is 0 Å². The number of aldehydes is 1. The van der Waals surface area contributed by atoms with Gasteiger partial charge in [0.2, 0.25) is 0 Å². The number of rotatable bonds is 3. The molecule has 3 heteroatoms. The number of nitrogens with zero attached hydrogens (tertiary/aromatic N) is 1. The lowest BCUT2D eigenvalue weighted by Gasteiger charge is -1.95. The van der Waals surface area contributed by atoms with Gasteiger partial charge in [0, 0.05) is 6.92 Å². The zero-order chi connectivity index (χ0) is 8.41. The van der Waals surface area contributed by atoms with Gasteiger partial charge in [0.05, 0.1) is 12.1 Å². The van der Waals surface area contributed by atoms with Crippen LogP contribution in [-0.2, 0) is 4.79 Å². The molecule has 0 aromatic heterocycles. The summed E-state index contributed by atoms with van der Waals surface area (Å²) in [5, 5.41) is 7.32. The minimum atomic E-state index is -0.231. The summed E-state index contributed by atoms with van der Waals surface area (Å²) >= 11 is 0. The van der Waals surface area contributed by atoms with Crippen LogP contribution in [0.15, 0.2) is 0 Å². The second-order valence-electron chi connectivity index (χ2n) is 1.81. The second kappa shape index (κ2) is 11.0. The molecule has 1 atom stereocenters. The van der Waals surface area contributed by atoms with Crippen molar-refractivity contribution in [2.24, 2.45) is 5.73 Å². The smallest absolute Gasteiger partial charge is 0.136 e. The first kappa shape index (κ1) is 11.9. The Labute approximate surface area is 61.8 Å². The highest BCUT2D eigenvalue weighted by Gasteiger charge is 1.93. The van der Waals surface area contributed by atoms with Gasteiger partial charge in [0.1, 0.15) is 6.29 Å². The molecule has 0 aromatic carbocycles. The van der Waals surface area contributed by atoms with Crippen LogP contribution in [0.2, 0.25) is 0 Å².